The van der Waals surface area contributed by atoms with Gasteiger partial charge in [-0.1, -0.05) is 0 Å². The zero-order valence-electron chi connectivity index (χ0n) is 11.1. The van der Waals surface area contributed by atoms with Crippen LogP contribution in [0.3, 0.4) is 0 Å². The summed E-state index contributed by atoms with van der Waals surface area (Å²) in [7, 11) is 1.49. The number of aromatic amines is 1. The summed E-state index contributed by atoms with van der Waals surface area (Å²) in [5.74, 6) is -0.514. The first-order valence-corrected chi connectivity index (χ1v) is 6.10. The highest BCUT2D eigenvalue weighted by Gasteiger charge is 2.10. The minimum Gasteiger partial charge on any atom is -0.497 e. The number of oxazole rings is 1. The summed E-state index contributed by atoms with van der Waals surface area (Å²) in [6.07, 6.45) is 0. The fourth-order valence-electron chi connectivity index (χ4n) is 1.99. The van der Waals surface area contributed by atoms with Crippen molar-refractivity contribution in [3.8, 4) is 5.75 Å². The van der Waals surface area contributed by atoms with Crippen LogP contribution >= 0.6 is 0 Å². The van der Waals surface area contributed by atoms with Crippen molar-refractivity contribution in [2.75, 3.05) is 18.2 Å². The fraction of sp³-hybridized carbons (Fsp3) is 0.0714. The molecule has 0 aliphatic heterocycles. The van der Waals surface area contributed by atoms with E-state index < -0.39 is 11.6 Å². The van der Waals surface area contributed by atoms with Crippen molar-refractivity contribution in [2.45, 2.75) is 0 Å². The Balaban J connectivity index is 2.04. The summed E-state index contributed by atoms with van der Waals surface area (Å²) in [5, 5.41) is 2.87. The van der Waals surface area contributed by atoms with Crippen LogP contribution in [-0.2, 0) is 0 Å². The van der Waals surface area contributed by atoms with Crippen molar-refractivity contribution in [3.63, 3.8) is 0 Å². The summed E-state index contributed by atoms with van der Waals surface area (Å²) in [6, 6.07) is 7.38. The van der Waals surface area contributed by atoms with Crippen LogP contribution in [0.4, 0.5) is 21.5 Å². The number of nitrogens with two attached hydrogens (primary N) is 1. The van der Waals surface area contributed by atoms with Crippen LogP contribution in [-0.4, -0.2) is 12.1 Å². The van der Waals surface area contributed by atoms with Crippen LogP contribution < -0.4 is 21.5 Å². The Hall–Kier alpha value is -2.96. The molecule has 0 amide bonds. The molecule has 3 rings (SSSR count). The molecule has 108 valence electrons. The minimum absolute atomic E-state index is 0.214. The van der Waals surface area contributed by atoms with Gasteiger partial charge < -0.3 is 20.2 Å². The van der Waals surface area contributed by atoms with Crippen molar-refractivity contribution in [1.29, 1.82) is 0 Å². The zero-order chi connectivity index (χ0) is 15.0. The zero-order valence-corrected chi connectivity index (χ0v) is 11.1. The third-order valence-corrected chi connectivity index (χ3v) is 3.03. The number of nitrogen functional groups attached to an aromatic ring is 1. The number of benzene rings is 2. The van der Waals surface area contributed by atoms with E-state index in [9.17, 15) is 9.18 Å². The van der Waals surface area contributed by atoms with Crippen LogP contribution in [0.15, 0.2) is 39.5 Å². The maximum absolute atomic E-state index is 13.8. The normalized spacial score (nSPS) is 10.8. The van der Waals surface area contributed by atoms with Crippen molar-refractivity contribution in [2.24, 2.45) is 0 Å². The molecule has 1 heterocycles. The second kappa shape index (κ2) is 4.86. The maximum atomic E-state index is 13.8. The minimum atomic E-state index is -0.575. The second-order valence-electron chi connectivity index (χ2n) is 4.42. The molecule has 3 aromatic rings. The van der Waals surface area contributed by atoms with Gasteiger partial charge in [0, 0.05) is 12.1 Å². The van der Waals surface area contributed by atoms with Gasteiger partial charge in [0.05, 0.1) is 29.7 Å². The van der Waals surface area contributed by atoms with Crippen molar-refractivity contribution < 1.29 is 13.5 Å². The molecule has 0 atom stereocenters. The summed E-state index contributed by atoms with van der Waals surface area (Å²) in [5.41, 5.74) is 7.68. The Morgan fingerprint density at radius 1 is 1.29 bits per heavy atom. The van der Waals surface area contributed by atoms with Gasteiger partial charge in [-0.25, -0.2) is 9.18 Å². The number of hydrogen-bond donors (Lipinski definition) is 3. The third kappa shape index (κ3) is 2.40. The molecule has 0 unspecified atom stereocenters. The van der Waals surface area contributed by atoms with E-state index >= 15 is 0 Å². The molecule has 0 spiro atoms. The lowest BCUT2D eigenvalue weighted by atomic mass is 10.2. The third-order valence-electron chi connectivity index (χ3n) is 3.03. The monoisotopic (exact) mass is 289 g/mol. The molecule has 0 fully saturated rings. The van der Waals surface area contributed by atoms with E-state index in [0.717, 1.165) is 0 Å². The largest absolute Gasteiger partial charge is 0.497 e. The fourth-order valence-corrected chi connectivity index (χ4v) is 1.99. The van der Waals surface area contributed by atoms with E-state index in [-0.39, 0.29) is 5.69 Å². The molecule has 0 aliphatic rings. The summed E-state index contributed by atoms with van der Waals surface area (Å²) in [6.45, 7) is 0. The first-order chi connectivity index (χ1) is 10.1. The Morgan fingerprint density at radius 2 is 2.10 bits per heavy atom. The van der Waals surface area contributed by atoms with E-state index in [1.54, 1.807) is 6.07 Å². The quantitative estimate of drug-likeness (QED) is 0.644. The summed E-state index contributed by atoms with van der Waals surface area (Å²) >= 11 is 0. The summed E-state index contributed by atoms with van der Waals surface area (Å²) in [4.78, 5) is 13.7. The Kier molecular flexibility index (Phi) is 3.02. The number of methoxy groups -OCH3 is 1. The highest BCUT2D eigenvalue weighted by molar-refractivity contribution is 5.87. The summed E-state index contributed by atoms with van der Waals surface area (Å²) < 4.78 is 23.8. The molecule has 21 heavy (non-hydrogen) atoms. The number of nitrogens with one attached hydrogen (secondary N) is 2. The van der Waals surface area contributed by atoms with Crippen LogP contribution in [0.25, 0.3) is 11.1 Å². The molecular weight excluding hydrogens is 277 g/mol. The second-order valence-corrected chi connectivity index (χ2v) is 4.42. The smallest absolute Gasteiger partial charge is 0.417 e. The lowest BCUT2D eigenvalue weighted by Crippen LogP contribution is -1.99. The topological polar surface area (TPSA) is 93.3 Å². The lowest BCUT2D eigenvalue weighted by Gasteiger charge is -2.11. The van der Waals surface area contributed by atoms with Gasteiger partial charge in [-0.3, -0.25) is 4.98 Å². The molecule has 6 nitrogen and oxygen atoms in total. The highest BCUT2D eigenvalue weighted by Crippen LogP contribution is 2.30. The van der Waals surface area contributed by atoms with Crippen molar-refractivity contribution >= 4 is 28.2 Å². The van der Waals surface area contributed by atoms with E-state index in [4.69, 9.17) is 14.9 Å². The van der Waals surface area contributed by atoms with Gasteiger partial charge in [-0.05, 0) is 18.2 Å². The van der Waals surface area contributed by atoms with E-state index in [1.165, 1.54) is 31.4 Å². The number of hydrogen-bond acceptors (Lipinski definition) is 5. The molecule has 0 saturated carbocycles. The van der Waals surface area contributed by atoms with Crippen LogP contribution in [0, 0.1) is 5.82 Å². The molecule has 1 aromatic heterocycles. The number of fused-ring (bicyclic) bond motifs is 1. The van der Waals surface area contributed by atoms with Crippen LogP contribution in [0.1, 0.15) is 0 Å². The van der Waals surface area contributed by atoms with Gasteiger partial charge in [-0.15, -0.1) is 0 Å². The number of rotatable bonds is 3. The molecule has 7 heteroatoms. The van der Waals surface area contributed by atoms with Gasteiger partial charge in [0.15, 0.2) is 5.58 Å². The first-order valence-electron chi connectivity index (χ1n) is 6.10. The van der Waals surface area contributed by atoms with Gasteiger partial charge >= 0.3 is 5.76 Å². The van der Waals surface area contributed by atoms with Crippen molar-refractivity contribution in [1.82, 2.24) is 4.98 Å². The average molecular weight is 289 g/mol. The van der Waals surface area contributed by atoms with Gasteiger partial charge in [0.2, 0.25) is 0 Å². The number of aromatic nitrogens is 1. The van der Waals surface area contributed by atoms with Crippen LogP contribution in [0.2, 0.25) is 0 Å². The molecular formula is C14H12FN3O3. The Labute approximate surface area is 118 Å². The van der Waals surface area contributed by atoms with Gasteiger partial charge in [0.25, 0.3) is 0 Å². The highest BCUT2D eigenvalue weighted by atomic mass is 19.1. The average Bonchev–Trinajstić information content (AvgIpc) is 2.80. The van der Waals surface area contributed by atoms with Crippen molar-refractivity contribution in [3.05, 3.63) is 46.7 Å². The molecule has 0 saturated heterocycles. The molecule has 4 N–H and O–H groups in total. The first kappa shape index (κ1) is 13.0. The molecule has 0 aliphatic carbocycles. The van der Waals surface area contributed by atoms with Gasteiger partial charge in [-0.2, -0.15) is 0 Å². The number of ether oxygens (including phenoxy) is 1. The Morgan fingerprint density at radius 3 is 2.86 bits per heavy atom. The SMILES string of the molecule is COc1ccc(F)c(Nc2cc3[nH]c(=O)oc3cc2N)c1. The standard InChI is InChI=1S/C14H12FN3O3/c1-20-7-2-3-8(15)10(4-7)17-11-6-12-13(5-9(11)16)21-14(19)18-12/h2-6,17H,16H2,1H3,(H,18,19). The maximum Gasteiger partial charge on any atom is 0.417 e. The predicted molar refractivity (Wildman–Crippen MR) is 77.5 cm³/mol. The van der Waals surface area contributed by atoms with E-state index in [0.29, 0.717) is 28.2 Å². The molecule has 0 bridgehead atoms. The van der Waals surface area contributed by atoms with E-state index in [1.807, 2.05) is 0 Å². The lowest BCUT2D eigenvalue weighted by molar-refractivity contribution is 0.414. The number of halogens is 1. The Bertz CT molecular complexity index is 870. The molecule has 0 radical (unpaired) electrons. The number of H-pyrrole nitrogens is 1. The number of anilines is 3. The van der Waals surface area contributed by atoms with Crippen LogP contribution in [0.5, 0.6) is 5.75 Å². The molecule has 2 aromatic carbocycles. The van der Waals surface area contributed by atoms with E-state index in [2.05, 4.69) is 10.3 Å². The van der Waals surface area contributed by atoms with Gasteiger partial charge in [0.1, 0.15) is 11.6 Å². The predicted octanol–water partition coefficient (Wildman–Crippen LogP) is 2.59.